The van der Waals surface area contributed by atoms with Gasteiger partial charge in [0.05, 0.1) is 11.7 Å². The molecule has 0 aliphatic carbocycles. The molecule has 5 heteroatoms. The number of pyridine rings is 1. The maximum atomic E-state index is 11.9. The summed E-state index contributed by atoms with van der Waals surface area (Å²) in [5.41, 5.74) is 6.96. The molecule has 3 N–H and O–H groups in total. The summed E-state index contributed by atoms with van der Waals surface area (Å²) in [6, 6.07) is 1.18. The third-order valence-electron chi connectivity index (χ3n) is 2.58. The number of rotatable bonds is 2. The summed E-state index contributed by atoms with van der Waals surface area (Å²) in [6.07, 6.45) is 1.59. The van der Waals surface area contributed by atoms with Crippen LogP contribution in [0, 0.1) is 12.3 Å². The van der Waals surface area contributed by atoms with E-state index in [1.165, 1.54) is 0 Å². The molecular weight excluding hydrogens is 238 g/mol. The van der Waals surface area contributed by atoms with E-state index < -0.39 is 6.04 Å². The van der Waals surface area contributed by atoms with E-state index in [0.717, 1.165) is 5.56 Å². The zero-order chi connectivity index (χ0) is 13.2. The number of nitrogens with zero attached hydrogens (tertiary/aromatic N) is 1. The second-order valence-electron chi connectivity index (χ2n) is 5.13. The van der Waals surface area contributed by atoms with Gasteiger partial charge in [0.1, 0.15) is 0 Å². The van der Waals surface area contributed by atoms with E-state index in [1.807, 2.05) is 27.7 Å². The van der Waals surface area contributed by atoms with E-state index in [1.54, 1.807) is 12.3 Å². The number of nitrogens with two attached hydrogens (primary N) is 1. The molecule has 0 bridgehead atoms. The molecule has 1 unspecified atom stereocenters. The number of aryl methyl sites for hydroxylation is 1. The van der Waals surface area contributed by atoms with Gasteiger partial charge in [0.15, 0.2) is 5.15 Å². The van der Waals surface area contributed by atoms with E-state index in [0.29, 0.717) is 5.69 Å². The average molecular weight is 256 g/mol. The van der Waals surface area contributed by atoms with Crippen molar-refractivity contribution in [2.45, 2.75) is 33.7 Å². The second-order valence-corrected chi connectivity index (χ2v) is 5.48. The smallest absolute Gasteiger partial charge is 0.241 e. The minimum atomic E-state index is -0.599. The minimum Gasteiger partial charge on any atom is -0.322 e. The lowest BCUT2D eigenvalue weighted by atomic mass is 9.87. The maximum absolute atomic E-state index is 11.9. The van der Waals surface area contributed by atoms with Gasteiger partial charge >= 0.3 is 0 Å². The summed E-state index contributed by atoms with van der Waals surface area (Å²) >= 11 is 5.93. The average Bonchev–Trinajstić information content (AvgIpc) is 2.21. The summed E-state index contributed by atoms with van der Waals surface area (Å²) in [5.74, 6) is -0.254. The number of halogens is 1. The summed E-state index contributed by atoms with van der Waals surface area (Å²) in [5, 5.41) is 3.00. The van der Waals surface area contributed by atoms with Crippen LogP contribution in [0.5, 0.6) is 0 Å². The molecule has 0 aliphatic heterocycles. The van der Waals surface area contributed by atoms with Crippen molar-refractivity contribution >= 4 is 23.2 Å². The Labute approximate surface area is 107 Å². The highest BCUT2D eigenvalue weighted by Crippen LogP contribution is 2.24. The van der Waals surface area contributed by atoms with Crippen LogP contribution < -0.4 is 11.1 Å². The molecule has 1 aromatic rings. The van der Waals surface area contributed by atoms with Crippen molar-refractivity contribution in [3.8, 4) is 0 Å². The highest BCUT2D eigenvalue weighted by molar-refractivity contribution is 6.32. The first-order valence-electron chi connectivity index (χ1n) is 5.41. The molecule has 1 atom stereocenters. The Balaban J connectivity index is 2.89. The number of hydrogen-bond acceptors (Lipinski definition) is 3. The first-order valence-corrected chi connectivity index (χ1v) is 5.79. The number of aromatic nitrogens is 1. The molecular formula is C12H18ClN3O. The normalized spacial score (nSPS) is 13.3. The standard InChI is InChI=1S/C12H18ClN3O/c1-7-5-6-15-10(13)8(7)16-11(17)9(14)12(2,3)4/h5-6,9H,14H2,1-4H3,(H,16,17). The molecule has 0 saturated heterocycles. The van der Waals surface area contributed by atoms with Crippen LogP contribution in [0.2, 0.25) is 5.15 Å². The van der Waals surface area contributed by atoms with E-state index in [-0.39, 0.29) is 16.5 Å². The molecule has 1 aromatic heterocycles. The molecule has 1 heterocycles. The van der Waals surface area contributed by atoms with Crippen molar-refractivity contribution < 1.29 is 4.79 Å². The third kappa shape index (κ3) is 3.41. The number of nitrogens with one attached hydrogen (secondary N) is 1. The molecule has 0 radical (unpaired) electrons. The number of carbonyl (C=O) groups is 1. The second kappa shape index (κ2) is 5.02. The molecule has 0 saturated carbocycles. The highest BCUT2D eigenvalue weighted by Gasteiger charge is 2.28. The monoisotopic (exact) mass is 255 g/mol. The maximum Gasteiger partial charge on any atom is 0.241 e. The summed E-state index contributed by atoms with van der Waals surface area (Å²) in [7, 11) is 0. The lowest BCUT2D eigenvalue weighted by molar-refractivity contribution is -0.119. The van der Waals surface area contributed by atoms with Crippen molar-refractivity contribution in [3.05, 3.63) is 23.0 Å². The largest absolute Gasteiger partial charge is 0.322 e. The Morgan fingerprint density at radius 2 is 2.12 bits per heavy atom. The third-order valence-corrected chi connectivity index (χ3v) is 2.86. The van der Waals surface area contributed by atoms with Crippen LogP contribution in [0.15, 0.2) is 12.3 Å². The SMILES string of the molecule is Cc1ccnc(Cl)c1NC(=O)C(N)C(C)(C)C. The van der Waals surface area contributed by atoms with E-state index >= 15 is 0 Å². The van der Waals surface area contributed by atoms with Gasteiger partial charge in [-0.1, -0.05) is 32.4 Å². The number of hydrogen-bond donors (Lipinski definition) is 2. The van der Waals surface area contributed by atoms with Crippen LogP contribution >= 0.6 is 11.6 Å². The Kier molecular flexibility index (Phi) is 4.11. The van der Waals surface area contributed by atoms with Crippen molar-refractivity contribution in [2.75, 3.05) is 5.32 Å². The van der Waals surface area contributed by atoms with Gasteiger partial charge in [-0.25, -0.2) is 4.98 Å². The lowest BCUT2D eigenvalue weighted by Crippen LogP contribution is -2.45. The fraction of sp³-hybridized carbons (Fsp3) is 0.500. The van der Waals surface area contributed by atoms with Crippen LogP contribution in [-0.4, -0.2) is 16.9 Å². The number of anilines is 1. The molecule has 1 rings (SSSR count). The molecule has 94 valence electrons. The molecule has 1 amide bonds. The summed E-state index contributed by atoms with van der Waals surface area (Å²) < 4.78 is 0. The fourth-order valence-electron chi connectivity index (χ4n) is 1.27. The van der Waals surface area contributed by atoms with Gasteiger partial charge in [-0.2, -0.15) is 0 Å². The van der Waals surface area contributed by atoms with E-state index in [9.17, 15) is 4.79 Å². The molecule has 17 heavy (non-hydrogen) atoms. The van der Waals surface area contributed by atoms with E-state index in [2.05, 4.69) is 10.3 Å². The fourth-order valence-corrected chi connectivity index (χ4v) is 1.52. The Hall–Kier alpha value is -1.13. The summed E-state index contributed by atoms with van der Waals surface area (Å²) in [4.78, 5) is 15.9. The first-order chi connectivity index (χ1) is 7.73. The first kappa shape index (κ1) is 13.9. The molecule has 0 spiro atoms. The zero-order valence-corrected chi connectivity index (χ0v) is 11.3. The zero-order valence-electron chi connectivity index (χ0n) is 10.5. The van der Waals surface area contributed by atoms with Crippen LogP contribution in [-0.2, 0) is 4.79 Å². The molecule has 0 aromatic carbocycles. The quantitative estimate of drug-likeness (QED) is 0.797. The Bertz CT molecular complexity index is 406. The topological polar surface area (TPSA) is 68.0 Å². The van der Waals surface area contributed by atoms with Gasteiger partial charge in [0.25, 0.3) is 0 Å². The van der Waals surface area contributed by atoms with Gasteiger partial charge in [0.2, 0.25) is 5.91 Å². The van der Waals surface area contributed by atoms with Gasteiger partial charge < -0.3 is 11.1 Å². The predicted molar refractivity (Wildman–Crippen MR) is 70.0 cm³/mol. The summed E-state index contributed by atoms with van der Waals surface area (Å²) in [6.45, 7) is 7.59. The van der Waals surface area contributed by atoms with Gasteiger partial charge in [-0.3, -0.25) is 4.79 Å². The van der Waals surface area contributed by atoms with Crippen molar-refractivity contribution in [2.24, 2.45) is 11.1 Å². The van der Waals surface area contributed by atoms with Crippen LogP contribution in [0.3, 0.4) is 0 Å². The number of carbonyl (C=O) groups excluding carboxylic acids is 1. The van der Waals surface area contributed by atoms with Gasteiger partial charge in [-0.15, -0.1) is 0 Å². The minimum absolute atomic E-state index is 0.254. The Morgan fingerprint density at radius 3 is 2.59 bits per heavy atom. The van der Waals surface area contributed by atoms with Crippen LogP contribution in [0.4, 0.5) is 5.69 Å². The van der Waals surface area contributed by atoms with Gasteiger partial charge in [0, 0.05) is 6.20 Å². The van der Waals surface area contributed by atoms with Crippen LogP contribution in [0.1, 0.15) is 26.3 Å². The molecule has 0 aliphatic rings. The Morgan fingerprint density at radius 1 is 1.53 bits per heavy atom. The predicted octanol–water partition coefficient (Wildman–Crippen LogP) is 2.36. The van der Waals surface area contributed by atoms with Crippen molar-refractivity contribution in [1.82, 2.24) is 4.98 Å². The van der Waals surface area contributed by atoms with Crippen LogP contribution in [0.25, 0.3) is 0 Å². The van der Waals surface area contributed by atoms with E-state index in [4.69, 9.17) is 17.3 Å². The lowest BCUT2D eigenvalue weighted by Gasteiger charge is -2.26. The molecule has 4 nitrogen and oxygen atoms in total. The highest BCUT2D eigenvalue weighted by atomic mass is 35.5. The van der Waals surface area contributed by atoms with Gasteiger partial charge in [-0.05, 0) is 24.0 Å². The number of amides is 1. The van der Waals surface area contributed by atoms with Crippen molar-refractivity contribution in [1.29, 1.82) is 0 Å². The van der Waals surface area contributed by atoms with Crippen molar-refractivity contribution in [3.63, 3.8) is 0 Å². The molecule has 0 fully saturated rings.